The van der Waals surface area contributed by atoms with Gasteiger partial charge in [-0.05, 0) is 38.3 Å². The van der Waals surface area contributed by atoms with Gasteiger partial charge in [0.15, 0.2) is 9.84 Å². The number of piperidine rings is 1. The van der Waals surface area contributed by atoms with Gasteiger partial charge >= 0.3 is 5.97 Å². The lowest BCUT2D eigenvalue weighted by Crippen LogP contribution is -2.47. The van der Waals surface area contributed by atoms with Crippen molar-refractivity contribution >= 4 is 15.8 Å². The van der Waals surface area contributed by atoms with E-state index in [1.54, 1.807) is 0 Å². The van der Waals surface area contributed by atoms with Gasteiger partial charge in [0.25, 0.3) is 0 Å². The molecule has 2 rings (SSSR count). The molecule has 0 radical (unpaired) electrons. The minimum atomic E-state index is -3.10. The molecular weight excluding hydrogens is 270 g/mol. The zero-order chi connectivity index (χ0) is 14.0. The van der Waals surface area contributed by atoms with E-state index in [1.165, 1.54) is 0 Å². The van der Waals surface area contributed by atoms with E-state index in [0.29, 0.717) is 12.3 Å². The van der Waals surface area contributed by atoms with Crippen molar-refractivity contribution in [3.05, 3.63) is 0 Å². The third kappa shape index (κ3) is 3.90. The summed E-state index contributed by atoms with van der Waals surface area (Å²) in [6, 6.07) is -0.273. The number of carbonyl (C=O) groups is 1. The summed E-state index contributed by atoms with van der Waals surface area (Å²) in [5.41, 5.74) is 0. The van der Waals surface area contributed by atoms with E-state index in [9.17, 15) is 18.3 Å². The first-order valence-corrected chi connectivity index (χ1v) is 8.54. The largest absolute Gasteiger partial charge is 0.481 e. The summed E-state index contributed by atoms with van der Waals surface area (Å²) in [7, 11) is -3.10. The molecule has 0 aromatic heterocycles. The van der Waals surface area contributed by atoms with Crippen LogP contribution in [0, 0.1) is 5.92 Å². The molecule has 0 amide bonds. The quantitative estimate of drug-likeness (QED) is 0.740. The van der Waals surface area contributed by atoms with E-state index in [0.717, 1.165) is 25.9 Å². The molecule has 0 aromatic rings. The van der Waals surface area contributed by atoms with Gasteiger partial charge in [-0.25, -0.2) is 8.42 Å². The zero-order valence-corrected chi connectivity index (χ0v) is 11.7. The van der Waals surface area contributed by atoms with Crippen LogP contribution in [-0.2, 0) is 14.6 Å². The van der Waals surface area contributed by atoms with Crippen molar-refractivity contribution in [3.8, 4) is 0 Å². The lowest BCUT2D eigenvalue weighted by Gasteiger charge is -2.36. The average Bonchev–Trinajstić information content (AvgIpc) is 2.61. The number of likely N-dealkylation sites (tertiary alicyclic amines) is 1. The van der Waals surface area contributed by atoms with Crippen molar-refractivity contribution in [1.29, 1.82) is 0 Å². The summed E-state index contributed by atoms with van der Waals surface area (Å²) >= 11 is 0. The molecule has 2 heterocycles. The van der Waals surface area contributed by atoms with E-state index in [-0.39, 0.29) is 24.0 Å². The molecule has 2 N–H and O–H groups in total. The summed E-state index contributed by atoms with van der Waals surface area (Å²) in [6.07, 6.45) is 1.88. The van der Waals surface area contributed by atoms with Gasteiger partial charge in [-0.2, -0.15) is 0 Å². The van der Waals surface area contributed by atoms with Gasteiger partial charge in [0.1, 0.15) is 0 Å². The van der Waals surface area contributed by atoms with Gasteiger partial charge in [-0.3, -0.25) is 9.69 Å². The van der Waals surface area contributed by atoms with Crippen LogP contribution in [0.2, 0.25) is 0 Å². The number of carboxylic acid groups (broad SMARTS) is 1. The summed E-state index contributed by atoms with van der Waals surface area (Å²) in [5, 5.41) is 18.5. The number of aliphatic carboxylic acids is 1. The third-order valence-corrected chi connectivity index (χ3v) is 5.88. The highest BCUT2D eigenvalue weighted by Gasteiger charge is 2.40. The van der Waals surface area contributed by atoms with E-state index < -0.39 is 21.9 Å². The van der Waals surface area contributed by atoms with Crippen LogP contribution >= 0.6 is 0 Å². The number of rotatable bonds is 4. The molecule has 2 unspecified atom stereocenters. The predicted octanol–water partition coefficient (Wildman–Crippen LogP) is -0.279. The summed E-state index contributed by atoms with van der Waals surface area (Å²) in [5.74, 6) is -0.438. The SMILES string of the molecule is O=C(O)CCC1CCN(C2CS(=O)(=O)CC2O)CC1. The second kappa shape index (κ2) is 5.76. The van der Waals surface area contributed by atoms with Crippen LogP contribution in [0.15, 0.2) is 0 Å². The van der Waals surface area contributed by atoms with Crippen LogP contribution in [-0.4, -0.2) is 66.2 Å². The normalized spacial score (nSPS) is 32.5. The maximum Gasteiger partial charge on any atom is 0.303 e. The molecule has 7 heteroatoms. The number of hydrogen-bond donors (Lipinski definition) is 2. The van der Waals surface area contributed by atoms with Gasteiger partial charge in [-0.1, -0.05) is 0 Å². The van der Waals surface area contributed by atoms with Crippen LogP contribution in [0.25, 0.3) is 0 Å². The van der Waals surface area contributed by atoms with Gasteiger partial charge in [0.2, 0.25) is 0 Å². The topological polar surface area (TPSA) is 94.9 Å². The lowest BCUT2D eigenvalue weighted by atomic mass is 9.91. The fourth-order valence-electron chi connectivity index (χ4n) is 3.06. The molecule has 2 aliphatic rings. The first-order chi connectivity index (χ1) is 8.87. The molecule has 0 spiro atoms. The fourth-order valence-corrected chi connectivity index (χ4v) is 4.89. The van der Waals surface area contributed by atoms with Crippen LogP contribution in [0.1, 0.15) is 25.7 Å². The monoisotopic (exact) mass is 291 g/mol. The van der Waals surface area contributed by atoms with E-state index >= 15 is 0 Å². The Morgan fingerprint density at radius 1 is 1.21 bits per heavy atom. The molecule has 0 aromatic carbocycles. The van der Waals surface area contributed by atoms with Gasteiger partial charge < -0.3 is 10.2 Å². The molecule has 0 saturated carbocycles. The number of sulfone groups is 1. The van der Waals surface area contributed by atoms with Crippen LogP contribution in [0.5, 0.6) is 0 Å². The zero-order valence-electron chi connectivity index (χ0n) is 10.9. The number of nitrogens with zero attached hydrogens (tertiary/aromatic N) is 1. The molecule has 2 saturated heterocycles. The highest BCUT2D eigenvalue weighted by molar-refractivity contribution is 7.91. The second-order valence-corrected chi connectivity index (χ2v) is 7.78. The van der Waals surface area contributed by atoms with Gasteiger partial charge in [-0.15, -0.1) is 0 Å². The standard InChI is InChI=1S/C12H21NO5S/c14-11-8-19(17,18)7-10(11)13-5-3-9(4-6-13)1-2-12(15)16/h9-11,14H,1-8H2,(H,15,16). The Labute approximate surface area is 113 Å². The third-order valence-electron chi connectivity index (χ3n) is 4.18. The molecule has 6 nitrogen and oxygen atoms in total. The van der Waals surface area contributed by atoms with Crippen molar-refractivity contribution in [2.24, 2.45) is 5.92 Å². The van der Waals surface area contributed by atoms with E-state index in [4.69, 9.17) is 5.11 Å². The molecule has 110 valence electrons. The molecular formula is C12H21NO5S. The number of carboxylic acids is 1. The summed E-state index contributed by atoms with van der Waals surface area (Å²) < 4.78 is 23.0. The fraction of sp³-hybridized carbons (Fsp3) is 0.917. The van der Waals surface area contributed by atoms with Crippen LogP contribution < -0.4 is 0 Å². The molecule has 19 heavy (non-hydrogen) atoms. The first-order valence-electron chi connectivity index (χ1n) is 6.72. The van der Waals surface area contributed by atoms with Gasteiger partial charge in [0.05, 0.1) is 23.7 Å². The van der Waals surface area contributed by atoms with Crippen molar-refractivity contribution in [3.63, 3.8) is 0 Å². The summed E-state index contributed by atoms with van der Waals surface area (Å²) in [4.78, 5) is 12.6. The molecule has 2 fully saturated rings. The average molecular weight is 291 g/mol. The Balaban J connectivity index is 1.82. The lowest BCUT2D eigenvalue weighted by molar-refractivity contribution is -0.137. The molecule has 0 aliphatic carbocycles. The van der Waals surface area contributed by atoms with E-state index in [2.05, 4.69) is 0 Å². The van der Waals surface area contributed by atoms with Crippen molar-refractivity contribution in [1.82, 2.24) is 4.90 Å². The van der Waals surface area contributed by atoms with Crippen molar-refractivity contribution in [2.75, 3.05) is 24.6 Å². The first kappa shape index (κ1) is 14.7. The second-order valence-electron chi connectivity index (χ2n) is 5.62. The minimum Gasteiger partial charge on any atom is -0.481 e. The number of aliphatic hydroxyl groups is 1. The molecule has 2 atom stereocenters. The Morgan fingerprint density at radius 2 is 1.84 bits per heavy atom. The van der Waals surface area contributed by atoms with Crippen molar-refractivity contribution in [2.45, 2.75) is 37.8 Å². The van der Waals surface area contributed by atoms with Crippen molar-refractivity contribution < 1.29 is 23.4 Å². The molecule has 0 bridgehead atoms. The molecule has 2 aliphatic heterocycles. The highest BCUT2D eigenvalue weighted by atomic mass is 32.2. The van der Waals surface area contributed by atoms with Gasteiger partial charge in [0, 0.05) is 6.42 Å². The van der Waals surface area contributed by atoms with Crippen LogP contribution in [0.4, 0.5) is 0 Å². The number of hydrogen-bond acceptors (Lipinski definition) is 5. The predicted molar refractivity (Wildman–Crippen MR) is 69.6 cm³/mol. The number of aliphatic hydroxyl groups excluding tert-OH is 1. The Morgan fingerprint density at radius 3 is 2.32 bits per heavy atom. The van der Waals surface area contributed by atoms with Crippen LogP contribution in [0.3, 0.4) is 0 Å². The Hall–Kier alpha value is -0.660. The maximum absolute atomic E-state index is 11.5. The Kier molecular flexibility index (Phi) is 4.47. The maximum atomic E-state index is 11.5. The summed E-state index contributed by atoms with van der Waals surface area (Å²) in [6.45, 7) is 1.50. The Bertz CT molecular complexity index is 427. The smallest absolute Gasteiger partial charge is 0.303 e. The minimum absolute atomic E-state index is 0.0496. The highest BCUT2D eigenvalue weighted by Crippen LogP contribution is 2.26. The van der Waals surface area contributed by atoms with E-state index in [1.807, 2.05) is 4.90 Å².